The molecule has 2 aromatic carbocycles. The molecule has 160 valence electrons. The van der Waals surface area contributed by atoms with E-state index in [0.717, 1.165) is 6.07 Å². The van der Waals surface area contributed by atoms with Gasteiger partial charge in [-0.05, 0) is 12.1 Å². The summed E-state index contributed by atoms with van der Waals surface area (Å²) in [5.41, 5.74) is -0.0250. The predicted octanol–water partition coefficient (Wildman–Crippen LogP) is 1.99. The van der Waals surface area contributed by atoms with Gasteiger partial charge in [0.15, 0.2) is 23.0 Å². The van der Waals surface area contributed by atoms with Crippen molar-refractivity contribution in [3.8, 4) is 28.7 Å². The van der Waals surface area contributed by atoms with Gasteiger partial charge in [0.25, 0.3) is 10.0 Å². The maximum absolute atomic E-state index is 12.8. The van der Waals surface area contributed by atoms with E-state index in [2.05, 4.69) is 9.25 Å². The molecule has 0 aromatic heterocycles. The molecule has 0 spiro atoms. The van der Waals surface area contributed by atoms with E-state index in [1.807, 2.05) is 0 Å². The molecule has 0 bridgehead atoms. The van der Waals surface area contributed by atoms with Gasteiger partial charge in [-0.15, -0.1) is 0 Å². The molecule has 0 aliphatic rings. The first-order valence-corrected chi connectivity index (χ1v) is 10.8. The first-order valence-electron chi connectivity index (χ1n) is 7.80. The van der Waals surface area contributed by atoms with Crippen LogP contribution in [0.2, 0.25) is 0 Å². The summed E-state index contributed by atoms with van der Waals surface area (Å²) in [5.74, 6) is 0.144. The van der Waals surface area contributed by atoms with Gasteiger partial charge in [-0.1, -0.05) is 0 Å². The van der Waals surface area contributed by atoms with Gasteiger partial charge in [0.1, 0.15) is 0 Å². The summed E-state index contributed by atoms with van der Waals surface area (Å²) in [7, 11) is -3.70. The lowest BCUT2D eigenvalue weighted by Crippen LogP contribution is -2.13. The molecule has 0 radical (unpaired) electrons. The number of sulfonamides is 1. The summed E-state index contributed by atoms with van der Waals surface area (Å²) in [5, 5.41) is 0. The van der Waals surface area contributed by atoms with E-state index in [-0.39, 0.29) is 39.3 Å². The summed E-state index contributed by atoms with van der Waals surface area (Å²) >= 11 is 0. The number of methoxy groups -OCH3 is 4. The average Bonchev–Trinajstić information content (AvgIpc) is 2.65. The zero-order valence-corrected chi connectivity index (χ0v) is 17.6. The molecule has 0 saturated carbocycles. The molecule has 0 aliphatic heterocycles. The van der Waals surface area contributed by atoms with Crippen molar-refractivity contribution in [3.63, 3.8) is 0 Å². The molecule has 0 saturated heterocycles. The minimum atomic E-state index is -4.89. The maximum atomic E-state index is 12.8. The molecule has 0 fully saturated rings. The van der Waals surface area contributed by atoms with Crippen molar-refractivity contribution in [3.05, 3.63) is 30.3 Å². The summed E-state index contributed by atoms with van der Waals surface area (Å²) in [6.45, 7) is 0. The van der Waals surface area contributed by atoms with Crippen LogP contribution in [0, 0.1) is 0 Å². The van der Waals surface area contributed by atoms with E-state index in [0.29, 0.717) is 0 Å². The van der Waals surface area contributed by atoms with E-state index in [4.69, 9.17) is 28.7 Å². The first kappa shape index (κ1) is 22.6. The van der Waals surface area contributed by atoms with Crippen LogP contribution in [0.3, 0.4) is 0 Å². The second-order valence-corrected chi connectivity index (χ2v) is 8.26. The van der Waals surface area contributed by atoms with Gasteiger partial charge in [0, 0.05) is 18.2 Å². The van der Waals surface area contributed by atoms with Crippen LogP contribution in [-0.2, 0) is 14.6 Å². The van der Waals surface area contributed by atoms with Crippen LogP contribution >= 0.6 is 7.82 Å². The fraction of sp³-hybridized carbons (Fsp3) is 0.250. The molecular weight excluding hydrogens is 429 g/mol. The third-order valence-electron chi connectivity index (χ3n) is 3.58. The van der Waals surface area contributed by atoms with Gasteiger partial charge in [-0.2, -0.15) is 0 Å². The summed E-state index contributed by atoms with van der Waals surface area (Å²) in [6, 6.07) is 6.17. The first-order chi connectivity index (χ1) is 13.5. The Labute approximate surface area is 167 Å². The lowest BCUT2D eigenvalue weighted by Gasteiger charge is -2.16. The molecule has 13 heteroatoms. The fourth-order valence-electron chi connectivity index (χ4n) is 2.37. The largest absolute Gasteiger partial charge is 0.524 e. The van der Waals surface area contributed by atoms with Crippen molar-refractivity contribution < 1.29 is 46.2 Å². The Morgan fingerprint density at radius 2 is 1.38 bits per heavy atom. The number of hydrogen-bond acceptors (Lipinski definition) is 8. The number of hydrogen-bond donors (Lipinski definition) is 3. The van der Waals surface area contributed by atoms with Crippen LogP contribution in [0.25, 0.3) is 0 Å². The Morgan fingerprint density at radius 3 is 1.83 bits per heavy atom. The van der Waals surface area contributed by atoms with Gasteiger partial charge >= 0.3 is 7.82 Å². The van der Waals surface area contributed by atoms with E-state index in [1.165, 1.54) is 52.7 Å². The smallest absolute Gasteiger partial charge is 0.493 e. The van der Waals surface area contributed by atoms with E-state index < -0.39 is 17.8 Å². The number of phosphoric ester groups is 1. The minimum Gasteiger partial charge on any atom is -0.493 e. The predicted molar refractivity (Wildman–Crippen MR) is 103 cm³/mol. The highest BCUT2D eigenvalue weighted by molar-refractivity contribution is 7.92. The van der Waals surface area contributed by atoms with Crippen molar-refractivity contribution in [1.82, 2.24) is 0 Å². The Kier molecular flexibility index (Phi) is 6.85. The Balaban J connectivity index is 2.46. The van der Waals surface area contributed by atoms with E-state index in [1.54, 1.807) is 0 Å². The van der Waals surface area contributed by atoms with Crippen molar-refractivity contribution in [1.29, 1.82) is 0 Å². The van der Waals surface area contributed by atoms with Gasteiger partial charge < -0.3 is 23.5 Å². The van der Waals surface area contributed by atoms with Gasteiger partial charge in [0.2, 0.25) is 5.75 Å². The van der Waals surface area contributed by atoms with Crippen molar-refractivity contribution in [2.24, 2.45) is 0 Å². The molecule has 11 nitrogen and oxygen atoms in total. The van der Waals surface area contributed by atoms with Crippen molar-refractivity contribution >= 4 is 23.5 Å². The standard InChI is InChI=1S/C16H20NO10PS/c1-23-12-6-5-10(7-13(12)27-28(18,19)20)17-29(21,22)11-8-14(24-2)16(26-4)15(9-11)25-3/h5-9,17H,1-4H3,(H2,18,19,20). The highest BCUT2D eigenvalue weighted by Crippen LogP contribution is 2.43. The molecule has 0 atom stereocenters. The molecule has 0 unspecified atom stereocenters. The number of phosphoric acid groups is 1. The molecule has 0 heterocycles. The van der Waals surface area contributed by atoms with Crippen LogP contribution in [-0.4, -0.2) is 46.6 Å². The van der Waals surface area contributed by atoms with Crippen LogP contribution in [0.15, 0.2) is 35.2 Å². The summed E-state index contributed by atoms with van der Waals surface area (Å²) in [4.78, 5) is 17.8. The Hall–Kier alpha value is -2.66. The lowest BCUT2D eigenvalue weighted by atomic mass is 10.3. The van der Waals surface area contributed by atoms with Crippen molar-refractivity contribution in [2.75, 3.05) is 33.2 Å². The lowest BCUT2D eigenvalue weighted by molar-refractivity contribution is 0.276. The second-order valence-electron chi connectivity index (χ2n) is 5.41. The molecular formula is C16H20NO10PS. The number of rotatable bonds is 9. The van der Waals surface area contributed by atoms with Crippen LogP contribution < -0.4 is 28.2 Å². The molecule has 29 heavy (non-hydrogen) atoms. The van der Waals surface area contributed by atoms with Gasteiger partial charge in [-0.3, -0.25) is 14.5 Å². The topological polar surface area (TPSA) is 150 Å². The van der Waals surface area contributed by atoms with Crippen LogP contribution in [0.1, 0.15) is 0 Å². The second kappa shape index (κ2) is 8.78. The van der Waals surface area contributed by atoms with Crippen LogP contribution in [0.4, 0.5) is 5.69 Å². The average molecular weight is 449 g/mol. The number of nitrogens with one attached hydrogen (secondary N) is 1. The number of benzene rings is 2. The number of ether oxygens (including phenoxy) is 4. The summed E-state index contributed by atoms with van der Waals surface area (Å²) < 4.78 is 64.0. The maximum Gasteiger partial charge on any atom is 0.524 e. The Bertz CT molecular complexity index is 1010. The molecule has 2 rings (SSSR count). The van der Waals surface area contributed by atoms with Gasteiger partial charge in [-0.25, -0.2) is 13.0 Å². The highest BCUT2D eigenvalue weighted by atomic mass is 32.2. The molecule has 0 amide bonds. The van der Waals surface area contributed by atoms with E-state index in [9.17, 15) is 13.0 Å². The normalized spacial score (nSPS) is 11.5. The van der Waals surface area contributed by atoms with Crippen molar-refractivity contribution in [2.45, 2.75) is 4.90 Å². The quantitative estimate of drug-likeness (QED) is 0.485. The minimum absolute atomic E-state index is 0.00376. The zero-order valence-electron chi connectivity index (χ0n) is 15.9. The molecule has 0 aliphatic carbocycles. The van der Waals surface area contributed by atoms with Gasteiger partial charge in [0.05, 0.1) is 39.0 Å². The summed E-state index contributed by atoms with van der Waals surface area (Å²) in [6.07, 6.45) is 0. The molecule has 2 aromatic rings. The zero-order chi connectivity index (χ0) is 21.8. The fourth-order valence-corrected chi connectivity index (χ4v) is 3.84. The molecule has 3 N–H and O–H groups in total. The SMILES string of the molecule is COc1ccc(NS(=O)(=O)c2cc(OC)c(OC)c(OC)c2)cc1OP(=O)(O)O. The highest BCUT2D eigenvalue weighted by Gasteiger charge is 2.23. The Morgan fingerprint density at radius 1 is 0.828 bits per heavy atom. The number of anilines is 1. The van der Waals surface area contributed by atoms with Crippen LogP contribution in [0.5, 0.6) is 28.7 Å². The third-order valence-corrected chi connectivity index (χ3v) is 5.38. The van der Waals surface area contributed by atoms with E-state index >= 15 is 0 Å². The monoisotopic (exact) mass is 449 g/mol. The third kappa shape index (κ3) is 5.45.